The molecule has 0 aliphatic heterocycles. The number of anilines is 6. The normalized spacial score (nSPS) is 14.2. The van der Waals surface area contributed by atoms with Crippen LogP contribution in [0.1, 0.15) is 61.1 Å². The SMILES string of the molecule is Cc1cc(N(c2ccc(F)cc2)c2ccc(F)cc2)cc2c1-c1ccc3c(c1C2(C)C)C(C)(C)c1cc(N(c2ccc(F)cc2)c2ccc(F)cc2)cc(C)c1-3. The summed E-state index contributed by atoms with van der Waals surface area (Å²) in [6.45, 7) is 13.5. The third-order valence-electron chi connectivity index (χ3n) is 11.8. The zero-order chi connectivity index (χ0) is 39.3. The highest BCUT2D eigenvalue weighted by Crippen LogP contribution is 2.61. The van der Waals surface area contributed by atoms with Crippen LogP contribution < -0.4 is 9.80 Å². The molecule has 2 aliphatic rings. The van der Waals surface area contributed by atoms with E-state index in [2.05, 4.69) is 77.9 Å². The molecular weight excluding hydrogens is 705 g/mol. The van der Waals surface area contributed by atoms with Gasteiger partial charge >= 0.3 is 0 Å². The van der Waals surface area contributed by atoms with Crippen LogP contribution in [0.2, 0.25) is 0 Å². The molecule has 0 spiro atoms. The van der Waals surface area contributed by atoms with E-state index in [9.17, 15) is 17.6 Å². The van der Waals surface area contributed by atoms with Crippen LogP contribution in [0.15, 0.2) is 133 Å². The largest absolute Gasteiger partial charge is 0.310 e. The first kappa shape index (κ1) is 35.6. The van der Waals surface area contributed by atoms with Crippen molar-refractivity contribution in [3.63, 3.8) is 0 Å². The molecule has 0 unspecified atom stereocenters. The highest BCUT2D eigenvalue weighted by molar-refractivity contribution is 5.95. The molecule has 0 aromatic heterocycles. The van der Waals surface area contributed by atoms with Gasteiger partial charge in [0.15, 0.2) is 0 Å². The molecule has 0 amide bonds. The van der Waals surface area contributed by atoms with Gasteiger partial charge in [0, 0.05) is 45.0 Å². The first-order valence-corrected chi connectivity index (χ1v) is 18.9. The second kappa shape index (κ2) is 12.7. The summed E-state index contributed by atoms with van der Waals surface area (Å²) in [5, 5.41) is 0. The Bertz CT molecular complexity index is 2400. The van der Waals surface area contributed by atoms with Gasteiger partial charge in [0.05, 0.1) is 0 Å². The van der Waals surface area contributed by atoms with Gasteiger partial charge in [-0.05, 0) is 191 Å². The minimum atomic E-state index is -0.404. The molecule has 7 aromatic carbocycles. The molecule has 0 saturated carbocycles. The average molecular weight is 745 g/mol. The van der Waals surface area contributed by atoms with Crippen molar-refractivity contribution in [2.75, 3.05) is 9.80 Å². The van der Waals surface area contributed by atoms with Gasteiger partial charge in [0.25, 0.3) is 0 Å². The number of hydrogen-bond donors (Lipinski definition) is 0. The first-order valence-electron chi connectivity index (χ1n) is 18.9. The Kier molecular flexibility index (Phi) is 8.07. The topological polar surface area (TPSA) is 6.48 Å². The fraction of sp³-hybridized carbons (Fsp3) is 0.160. The molecular formula is C50H40F4N2. The van der Waals surface area contributed by atoms with E-state index in [1.165, 1.54) is 93.0 Å². The number of hydrogen-bond acceptors (Lipinski definition) is 2. The average Bonchev–Trinajstić information content (AvgIpc) is 3.54. The minimum Gasteiger partial charge on any atom is -0.310 e. The lowest BCUT2D eigenvalue weighted by atomic mass is 9.72. The Morgan fingerprint density at radius 2 is 0.625 bits per heavy atom. The standard InChI is InChI=1S/C50H40F4N2/c1-29-25-39(55(35-15-7-31(51)8-16-35)36-17-9-32(52)10-18-36)27-43-45(29)41-23-24-42-46-30(2)26-40(28-44(46)50(5,6)48(42)47(41)49(43,3)4)56(37-19-11-33(53)12-20-37)38-21-13-34(54)14-22-38/h7-28H,1-6H3. The smallest absolute Gasteiger partial charge is 0.123 e. The molecule has 56 heavy (non-hydrogen) atoms. The number of halogens is 4. The fourth-order valence-electron chi connectivity index (χ4n) is 9.34. The van der Waals surface area contributed by atoms with Crippen LogP contribution in [0.3, 0.4) is 0 Å². The van der Waals surface area contributed by atoms with Gasteiger partial charge in [-0.3, -0.25) is 0 Å². The van der Waals surface area contributed by atoms with Crippen LogP contribution in [0.4, 0.5) is 51.7 Å². The van der Waals surface area contributed by atoms with Crippen molar-refractivity contribution in [2.24, 2.45) is 0 Å². The molecule has 0 bridgehead atoms. The maximum absolute atomic E-state index is 14.1. The van der Waals surface area contributed by atoms with Crippen LogP contribution in [-0.2, 0) is 10.8 Å². The van der Waals surface area contributed by atoms with Crippen molar-refractivity contribution < 1.29 is 17.6 Å². The number of nitrogens with zero attached hydrogens (tertiary/aromatic N) is 2. The van der Waals surface area contributed by atoms with Crippen molar-refractivity contribution in [2.45, 2.75) is 52.4 Å². The van der Waals surface area contributed by atoms with Crippen molar-refractivity contribution in [1.29, 1.82) is 0 Å². The predicted octanol–water partition coefficient (Wildman–Crippen LogP) is 14.4. The lowest BCUT2D eigenvalue weighted by molar-refractivity contribution is 0.601. The van der Waals surface area contributed by atoms with Crippen LogP contribution in [0, 0.1) is 37.1 Å². The molecule has 0 fully saturated rings. The third-order valence-corrected chi connectivity index (χ3v) is 11.8. The van der Waals surface area contributed by atoms with Crippen molar-refractivity contribution >= 4 is 34.1 Å². The number of fused-ring (bicyclic) bond motifs is 7. The lowest BCUT2D eigenvalue weighted by Crippen LogP contribution is -2.24. The van der Waals surface area contributed by atoms with Crippen LogP contribution in [-0.4, -0.2) is 0 Å². The molecule has 0 saturated heterocycles. The molecule has 278 valence electrons. The number of benzene rings is 7. The molecule has 2 nitrogen and oxygen atoms in total. The van der Waals surface area contributed by atoms with E-state index in [1.807, 2.05) is 9.80 Å². The van der Waals surface area contributed by atoms with E-state index in [0.29, 0.717) is 0 Å². The zero-order valence-electron chi connectivity index (χ0n) is 32.1. The van der Waals surface area contributed by atoms with Crippen LogP contribution >= 0.6 is 0 Å². The molecule has 0 N–H and O–H groups in total. The molecule has 9 rings (SSSR count). The van der Waals surface area contributed by atoms with E-state index >= 15 is 0 Å². The van der Waals surface area contributed by atoms with Crippen LogP contribution in [0.25, 0.3) is 22.3 Å². The second-order valence-electron chi connectivity index (χ2n) is 16.1. The molecule has 0 radical (unpaired) electrons. The summed E-state index contributed by atoms with van der Waals surface area (Å²) in [5.74, 6) is -1.30. The molecule has 0 atom stereocenters. The van der Waals surface area contributed by atoms with Crippen molar-refractivity contribution in [3.05, 3.63) is 190 Å². The summed E-state index contributed by atoms with van der Waals surface area (Å²) < 4.78 is 56.6. The number of rotatable bonds is 6. The van der Waals surface area contributed by atoms with Crippen molar-refractivity contribution in [1.82, 2.24) is 0 Å². The monoisotopic (exact) mass is 744 g/mol. The van der Waals surface area contributed by atoms with E-state index in [-0.39, 0.29) is 23.3 Å². The Morgan fingerprint density at radius 1 is 0.357 bits per heavy atom. The van der Waals surface area contributed by atoms with Crippen LogP contribution in [0.5, 0.6) is 0 Å². The van der Waals surface area contributed by atoms with E-state index in [0.717, 1.165) is 45.3 Å². The van der Waals surface area contributed by atoms with Gasteiger partial charge in [0.2, 0.25) is 0 Å². The minimum absolute atomic E-state index is 0.326. The van der Waals surface area contributed by atoms with Gasteiger partial charge in [-0.2, -0.15) is 0 Å². The van der Waals surface area contributed by atoms with Gasteiger partial charge in [-0.25, -0.2) is 17.6 Å². The van der Waals surface area contributed by atoms with Crippen molar-refractivity contribution in [3.8, 4) is 22.3 Å². The summed E-state index contributed by atoms with van der Waals surface area (Å²) >= 11 is 0. The maximum Gasteiger partial charge on any atom is 0.123 e. The number of aryl methyl sites for hydroxylation is 2. The summed E-state index contributed by atoms with van der Waals surface area (Å²) in [6, 6.07) is 38.9. The van der Waals surface area contributed by atoms with Gasteiger partial charge in [0.1, 0.15) is 23.3 Å². The summed E-state index contributed by atoms with van der Waals surface area (Å²) in [6.07, 6.45) is 0. The Labute approximate surface area is 325 Å². The molecule has 0 heterocycles. The zero-order valence-corrected chi connectivity index (χ0v) is 32.1. The Balaban J connectivity index is 1.19. The van der Waals surface area contributed by atoms with Gasteiger partial charge < -0.3 is 9.80 Å². The van der Waals surface area contributed by atoms with E-state index in [1.54, 1.807) is 48.5 Å². The van der Waals surface area contributed by atoms with Gasteiger partial charge in [-0.1, -0.05) is 39.8 Å². The predicted molar refractivity (Wildman–Crippen MR) is 220 cm³/mol. The lowest BCUT2D eigenvalue weighted by Gasteiger charge is -2.32. The van der Waals surface area contributed by atoms with E-state index in [4.69, 9.17) is 0 Å². The van der Waals surface area contributed by atoms with E-state index < -0.39 is 10.8 Å². The Hall–Kier alpha value is -6.14. The molecule has 2 aliphatic carbocycles. The third kappa shape index (κ3) is 5.45. The quantitative estimate of drug-likeness (QED) is 0.156. The summed E-state index contributed by atoms with van der Waals surface area (Å²) in [5.41, 5.74) is 16.1. The molecule has 6 heteroatoms. The molecule has 7 aromatic rings. The summed E-state index contributed by atoms with van der Waals surface area (Å²) in [4.78, 5) is 4.10. The fourth-order valence-corrected chi connectivity index (χ4v) is 9.34. The first-order chi connectivity index (χ1) is 26.7. The summed E-state index contributed by atoms with van der Waals surface area (Å²) in [7, 11) is 0. The van der Waals surface area contributed by atoms with Gasteiger partial charge in [-0.15, -0.1) is 0 Å². The Morgan fingerprint density at radius 3 is 0.893 bits per heavy atom. The highest BCUT2D eigenvalue weighted by Gasteiger charge is 2.47. The maximum atomic E-state index is 14.1. The highest BCUT2D eigenvalue weighted by atomic mass is 19.1. The second-order valence-corrected chi connectivity index (χ2v) is 16.1.